The number of nitrogens with zero attached hydrogens (tertiary/aromatic N) is 3. The van der Waals surface area contributed by atoms with E-state index in [1.807, 2.05) is 24.3 Å². The van der Waals surface area contributed by atoms with Gasteiger partial charge in [-0.2, -0.15) is 8.78 Å². The SMILES string of the molecule is CS(=O)(=O)N1CCCC(C(=O)N(c2ccc(SC(F)F)cc2)c2nc3ccccc3s2)C1. The minimum Gasteiger partial charge on any atom is -0.274 e. The van der Waals surface area contributed by atoms with Crippen molar-refractivity contribution < 1.29 is 22.0 Å². The van der Waals surface area contributed by atoms with Gasteiger partial charge in [-0.05, 0) is 49.2 Å². The lowest BCUT2D eigenvalue weighted by molar-refractivity contribution is -0.122. The van der Waals surface area contributed by atoms with Crippen LogP contribution < -0.4 is 4.90 Å². The van der Waals surface area contributed by atoms with Crippen LogP contribution in [0.2, 0.25) is 0 Å². The quantitative estimate of drug-likeness (QED) is 0.451. The first-order valence-electron chi connectivity index (χ1n) is 9.92. The Hall–Kier alpha value is -2.08. The lowest BCUT2D eigenvalue weighted by atomic mass is 9.98. The zero-order valence-electron chi connectivity index (χ0n) is 17.1. The first-order valence-corrected chi connectivity index (χ1v) is 13.5. The summed E-state index contributed by atoms with van der Waals surface area (Å²) in [5.41, 5.74) is 1.25. The van der Waals surface area contributed by atoms with Gasteiger partial charge in [-0.15, -0.1) is 0 Å². The molecule has 3 aromatic rings. The largest absolute Gasteiger partial charge is 0.288 e. The van der Waals surface area contributed by atoms with Gasteiger partial charge in [-0.25, -0.2) is 17.7 Å². The van der Waals surface area contributed by atoms with Gasteiger partial charge in [0.2, 0.25) is 15.9 Å². The number of amides is 1. The topological polar surface area (TPSA) is 70.6 Å². The average Bonchev–Trinajstić information content (AvgIpc) is 3.18. The number of thiazole rings is 1. The molecule has 11 heteroatoms. The second-order valence-corrected chi connectivity index (χ2v) is 11.5. The Kier molecular flexibility index (Phi) is 6.80. The van der Waals surface area contributed by atoms with Gasteiger partial charge in [0.1, 0.15) is 0 Å². The Bertz CT molecular complexity index is 1180. The number of thioether (sulfide) groups is 1. The summed E-state index contributed by atoms with van der Waals surface area (Å²) in [6.07, 6.45) is 2.29. The van der Waals surface area contributed by atoms with Crippen molar-refractivity contribution in [1.82, 2.24) is 9.29 Å². The smallest absolute Gasteiger partial charge is 0.274 e. The number of anilines is 2. The van der Waals surface area contributed by atoms with Crippen LogP contribution in [-0.4, -0.2) is 48.7 Å². The third-order valence-corrected chi connectivity index (χ3v) is 8.23. The van der Waals surface area contributed by atoms with Crippen molar-refractivity contribution in [1.29, 1.82) is 0 Å². The molecule has 1 atom stereocenters. The Labute approximate surface area is 193 Å². The number of fused-ring (bicyclic) bond motifs is 1. The van der Waals surface area contributed by atoms with Gasteiger partial charge in [0.05, 0.1) is 28.1 Å². The second kappa shape index (κ2) is 9.42. The van der Waals surface area contributed by atoms with E-state index in [0.717, 1.165) is 16.5 Å². The van der Waals surface area contributed by atoms with Crippen molar-refractivity contribution in [2.45, 2.75) is 23.5 Å². The standard InChI is InChI=1S/C21H21F2N3O3S3/c1-32(28,29)25-12-4-5-14(13-25)19(27)26(15-8-10-16(11-9-15)30-20(22)23)21-24-17-6-2-3-7-18(17)31-21/h2-3,6-11,14,20H,4-5,12-13H2,1H3. The summed E-state index contributed by atoms with van der Waals surface area (Å²) >= 11 is 1.79. The van der Waals surface area contributed by atoms with Crippen LogP contribution >= 0.6 is 23.1 Å². The molecule has 1 aliphatic heterocycles. The molecule has 0 spiro atoms. The van der Waals surface area contributed by atoms with Gasteiger partial charge < -0.3 is 0 Å². The molecule has 1 saturated heterocycles. The molecule has 1 unspecified atom stereocenters. The number of carbonyl (C=O) groups excluding carboxylic acids is 1. The van der Waals surface area contributed by atoms with Gasteiger partial charge in [-0.3, -0.25) is 9.69 Å². The molecule has 1 aliphatic rings. The fourth-order valence-corrected chi connectivity index (χ4v) is 6.09. The molecule has 0 saturated carbocycles. The zero-order valence-corrected chi connectivity index (χ0v) is 19.6. The fraction of sp³-hybridized carbons (Fsp3) is 0.333. The average molecular weight is 498 g/mol. The molecule has 0 aliphatic carbocycles. The highest BCUT2D eigenvalue weighted by Gasteiger charge is 2.35. The lowest BCUT2D eigenvalue weighted by Crippen LogP contribution is -2.45. The van der Waals surface area contributed by atoms with Crippen molar-refractivity contribution in [3.63, 3.8) is 0 Å². The Morgan fingerprint density at radius 1 is 1.22 bits per heavy atom. The van der Waals surface area contributed by atoms with E-state index in [4.69, 9.17) is 0 Å². The van der Waals surface area contributed by atoms with E-state index in [9.17, 15) is 22.0 Å². The van der Waals surface area contributed by atoms with Crippen LogP contribution in [0.25, 0.3) is 10.2 Å². The fourth-order valence-electron chi connectivity index (χ4n) is 3.69. The molecular formula is C21H21F2N3O3S3. The van der Waals surface area contributed by atoms with Crippen LogP contribution in [0.5, 0.6) is 0 Å². The highest BCUT2D eigenvalue weighted by Crippen LogP contribution is 2.37. The third kappa shape index (κ3) is 5.11. The van der Waals surface area contributed by atoms with E-state index >= 15 is 0 Å². The van der Waals surface area contributed by atoms with Gasteiger partial charge in [0, 0.05) is 18.0 Å². The monoisotopic (exact) mass is 497 g/mol. The maximum atomic E-state index is 13.7. The molecule has 0 bridgehead atoms. The number of rotatable bonds is 6. The van der Waals surface area contributed by atoms with Crippen molar-refractivity contribution in [3.8, 4) is 0 Å². The van der Waals surface area contributed by atoms with E-state index in [-0.39, 0.29) is 12.5 Å². The van der Waals surface area contributed by atoms with Crippen LogP contribution in [0.3, 0.4) is 0 Å². The summed E-state index contributed by atoms with van der Waals surface area (Å²) in [7, 11) is -3.41. The Morgan fingerprint density at radius 3 is 2.59 bits per heavy atom. The van der Waals surface area contributed by atoms with Crippen molar-refractivity contribution in [3.05, 3.63) is 48.5 Å². The number of aromatic nitrogens is 1. The van der Waals surface area contributed by atoms with Crippen LogP contribution in [-0.2, 0) is 14.8 Å². The highest BCUT2D eigenvalue weighted by molar-refractivity contribution is 7.99. The van der Waals surface area contributed by atoms with Crippen LogP contribution in [0.15, 0.2) is 53.4 Å². The number of carbonyl (C=O) groups is 1. The highest BCUT2D eigenvalue weighted by atomic mass is 32.2. The number of para-hydroxylation sites is 1. The third-order valence-electron chi connectivity index (χ3n) is 5.22. The first kappa shape index (κ1) is 23.1. The summed E-state index contributed by atoms with van der Waals surface area (Å²) in [6.45, 7) is 0.502. The van der Waals surface area contributed by atoms with Crippen molar-refractivity contribution in [2.75, 3.05) is 24.2 Å². The van der Waals surface area contributed by atoms with Crippen LogP contribution in [0, 0.1) is 5.92 Å². The summed E-state index contributed by atoms with van der Waals surface area (Å²) in [6, 6.07) is 13.8. The van der Waals surface area contributed by atoms with E-state index in [1.54, 1.807) is 24.3 Å². The first-order chi connectivity index (χ1) is 15.2. The van der Waals surface area contributed by atoms with Gasteiger partial charge in [0.25, 0.3) is 5.76 Å². The predicted octanol–water partition coefficient (Wildman–Crippen LogP) is 4.95. The summed E-state index contributed by atoms with van der Waals surface area (Å²) in [4.78, 5) is 20.1. The Morgan fingerprint density at radius 2 is 1.94 bits per heavy atom. The minimum absolute atomic E-state index is 0.110. The maximum Gasteiger partial charge on any atom is 0.288 e. The van der Waals surface area contributed by atoms with Gasteiger partial charge in [0.15, 0.2) is 5.13 Å². The zero-order chi connectivity index (χ0) is 22.9. The van der Waals surface area contributed by atoms with E-state index in [2.05, 4.69) is 4.98 Å². The molecular weight excluding hydrogens is 476 g/mol. The molecule has 0 N–H and O–H groups in total. The molecule has 2 heterocycles. The van der Waals surface area contributed by atoms with E-state index in [1.165, 1.54) is 20.5 Å². The number of alkyl halides is 2. The van der Waals surface area contributed by atoms with Crippen molar-refractivity contribution >= 4 is 60.1 Å². The number of halogens is 2. The molecule has 0 radical (unpaired) electrons. The normalized spacial score (nSPS) is 17.7. The van der Waals surface area contributed by atoms with Crippen molar-refractivity contribution in [2.24, 2.45) is 5.92 Å². The number of hydrogen-bond acceptors (Lipinski definition) is 6. The Balaban J connectivity index is 1.71. The van der Waals surface area contributed by atoms with Crippen LogP contribution in [0.1, 0.15) is 12.8 Å². The molecule has 170 valence electrons. The summed E-state index contributed by atoms with van der Waals surface area (Å²) in [5, 5.41) is 0.460. The minimum atomic E-state index is -3.41. The lowest BCUT2D eigenvalue weighted by Gasteiger charge is -2.33. The molecule has 6 nitrogen and oxygen atoms in total. The van der Waals surface area contributed by atoms with E-state index < -0.39 is 21.7 Å². The number of benzene rings is 2. The summed E-state index contributed by atoms with van der Waals surface area (Å²) in [5.74, 6) is -3.32. The number of hydrogen-bond donors (Lipinski definition) is 0. The van der Waals surface area contributed by atoms with Crippen LogP contribution in [0.4, 0.5) is 19.6 Å². The molecule has 1 amide bonds. The molecule has 2 aromatic carbocycles. The van der Waals surface area contributed by atoms with Gasteiger partial charge in [-0.1, -0.05) is 35.2 Å². The summed E-state index contributed by atoms with van der Waals surface area (Å²) < 4.78 is 51.7. The number of sulfonamides is 1. The second-order valence-electron chi connectivity index (χ2n) is 7.47. The van der Waals surface area contributed by atoms with E-state index in [0.29, 0.717) is 46.9 Å². The molecule has 1 aromatic heterocycles. The maximum absolute atomic E-state index is 13.7. The molecule has 32 heavy (non-hydrogen) atoms. The number of piperidine rings is 1. The molecule has 4 rings (SSSR count). The molecule has 1 fully saturated rings. The predicted molar refractivity (Wildman–Crippen MR) is 124 cm³/mol. The van der Waals surface area contributed by atoms with Gasteiger partial charge >= 0.3 is 0 Å².